The maximum absolute atomic E-state index is 15.4. The fraction of sp³-hybridized carbons (Fsp3) is 0.714. The number of nitrogens with zero attached hydrogens (tertiary/aromatic N) is 2. The minimum absolute atomic E-state index is 0.0376. The van der Waals surface area contributed by atoms with Crippen molar-refractivity contribution in [2.24, 2.45) is 17.6 Å². The quantitative estimate of drug-likeness (QED) is 0.0262. The molecule has 0 radical (unpaired) electrons. The summed E-state index contributed by atoms with van der Waals surface area (Å²) >= 11 is 0. The van der Waals surface area contributed by atoms with E-state index in [4.69, 9.17) is 10.5 Å². The van der Waals surface area contributed by atoms with Crippen LogP contribution >= 0.6 is 0 Å². The van der Waals surface area contributed by atoms with Crippen LogP contribution in [0.4, 0.5) is 0 Å². The van der Waals surface area contributed by atoms with E-state index in [0.29, 0.717) is 12.8 Å². The van der Waals surface area contributed by atoms with Gasteiger partial charge in [-0.1, -0.05) is 78.6 Å². The molecule has 3 fully saturated rings. The molecule has 3 saturated heterocycles. The molecule has 0 aromatic carbocycles. The van der Waals surface area contributed by atoms with Crippen LogP contribution in [0.15, 0.2) is 0 Å². The van der Waals surface area contributed by atoms with E-state index in [-0.39, 0.29) is 51.6 Å². The molecule has 0 bridgehead atoms. The van der Waals surface area contributed by atoms with Gasteiger partial charge in [0.2, 0.25) is 76.8 Å². The van der Waals surface area contributed by atoms with Gasteiger partial charge in [-0.2, -0.15) is 0 Å². The van der Waals surface area contributed by atoms with Gasteiger partial charge in [0.15, 0.2) is 0 Å². The largest absolute Gasteiger partial charge is 0.481 e. The normalized spacial score (nSPS) is 24.1. The molecule has 0 aliphatic carbocycles. The number of esters is 1. The maximum atomic E-state index is 15.4. The minimum Gasteiger partial charge on any atom is -0.481 e. The Balaban J connectivity index is 2.19. The highest BCUT2D eigenvalue weighted by Crippen LogP contribution is 2.24. The van der Waals surface area contributed by atoms with Gasteiger partial charge in [-0.05, 0) is 65.2 Å². The first kappa shape index (κ1) is 84.6. The van der Waals surface area contributed by atoms with Crippen molar-refractivity contribution in [3.63, 3.8) is 0 Å². The van der Waals surface area contributed by atoms with Crippen molar-refractivity contribution in [1.29, 1.82) is 0 Å². The Morgan fingerprint density at radius 1 is 0.540 bits per heavy atom. The first-order valence-corrected chi connectivity index (χ1v) is 33.7. The molecule has 12 unspecified atom stereocenters. The van der Waals surface area contributed by atoms with Crippen molar-refractivity contribution >= 4 is 107 Å². The summed E-state index contributed by atoms with van der Waals surface area (Å²) in [6, 6.07) is -21.3. The van der Waals surface area contributed by atoms with Crippen LogP contribution in [0.25, 0.3) is 0 Å². The van der Waals surface area contributed by atoms with Crippen LogP contribution in [-0.4, -0.2) is 243 Å². The van der Waals surface area contributed by atoms with E-state index in [1.807, 2.05) is 16.0 Å². The highest BCUT2D eigenvalue weighted by atomic mass is 16.5. The number of methoxy groups -OCH3 is 1. The van der Waals surface area contributed by atoms with Crippen LogP contribution in [0.3, 0.4) is 0 Å². The Kier molecular flexibility index (Phi) is 35.9. The number of unbranched alkanes of at least 4 members (excludes halogenated alkanes) is 9. The van der Waals surface area contributed by atoms with Gasteiger partial charge in [0.25, 0.3) is 0 Å². The molecule has 13 atom stereocenters. The van der Waals surface area contributed by atoms with Crippen LogP contribution in [0.2, 0.25) is 0 Å². The van der Waals surface area contributed by atoms with Gasteiger partial charge in [-0.15, -0.1) is 0 Å². The summed E-state index contributed by atoms with van der Waals surface area (Å²) in [5.74, 6) is -25.6. The number of hydrogen-bond acceptors (Lipinski definition) is 20. The third-order valence-corrected chi connectivity index (χ3v) is 17.1. The van der Waals surface area contributed by atoms with E-state index in [0.717, 1.165) is 75.2 Å². The molecule has 0 aromatic rings. The monoisotopic (exact) mass is 1420 g/mol. The molecule has 3 aliphatic rings. The molecule has 17 N–H and O–H groups in total. The number of ether oxygens (including phenoxy) is 1. The molecule has 560 valence electrons. The second kappa shape index (κ2) is 42.4. The zero-order valence-corrected chi connectivity index (χ0v) is 57.6. The summed E-state index contributed by atoms with van der Waals surface area (Å²) in [6.45, 7) is 6.13. The standard InChI is InChI=1S/C63H100N14O23/c1-8-9-10-11-12-13-14-15-16-17-23-42(78)68-39(29-48(87)100-7)55(90)70-38(28-47(85)86)56(91)75-52-35(6)67-57(92)41-22-20-25-77(41)61(96)49(32(2)3)73-60(95)51(34(5)64)72-44(80)31-66-53(88)36(26-45(81)82)69-43(79)30-65-54(89)37(27-46(83)84)71-59(94)50(33(4)63(98)99)74-58(93)40-21-18-19-24-76(40)62(52)97/h32-41,49-52H,8-31,64H2,1-7H3,(H,65,89)(H,66,88)(H,67,92)(H,68,78)(H,69,79)(H,70,90)(H,71,94)(H,72,80)(H,73,95)(H,74,93)(H,75,91)(H,81,82)(H,83,84)(H,85,86)(H,98,99)/t33?,34?,35?,36?,37?,38?,39-,40?,41?,49?,50?,51?,52?/m1/s1. The van der Waals surface area contributed by atoms with Crippen molar-refractivity contribution in [3.8, 4) is 0 Å². The molecule has 13 amide bonds. The number of carbonyl (C=O) groups excluding carboxylic acids is 14. The topological polar surface area (TPSA) is 562 Å². The van der Waals surface area contributed by atoms with Crippen LogP contribution in [-0.2, 0) is 91.0 Å². The highest BCUT2D eigenvalue weighted by Gasteiger charge is 2.46. The number of aliphatic carboxylic acids is 4. The highest BCUT2D eigenvalue weighted by molar-refractivity contribution is 6.02. The number of piperidine rings is 1. The van der Waals surface area contributed by atoms with Gasteiger partial charge in [-0.25, -0.2) is 0 Å². The van der Waals surface area contributed by atoms with E-state index in [1.165, 1.54) is 13.8 Å². The first-order valence-electron chi connectivity index (χ1n) is 33.7. The molecule has 100 heavy (non-hydrogen) atoms. The lowest BCUT2D eigenvalue weighted by molar-refractivity contribution is -0.150. The number of amides is 13. The summed E-state index contributed by atoms with van der Waals surface area (Å²) in [4.78, 5) is 247. The summed E-state index contributed by atoms with van der Waals surface area (Å²) in [5, 5.41) is 64.6. The zero-order valence-electron chi connectivity index (χ0n) is 57.6. The van der Waals surface area contributed by atoms with Crippen LogP contribution in [0.5, 0.6) is 0 Å². The first-order chi connectivity index (χ1) is 47.1. The second-order valence-corrected chi connectivity index (χ2v) is 25.6. The SMILES string of the molecule is CCCCCCCCCCCCC(=O)N[C@H](CC(=O)OC)C(=O)NC(CC(=O)O)C(=O)NC1C(=O)N2CCCCC2C(=O)NC(C(C)C(=O)O)C(=O)NC(CC(=O)O)C(=O)NCC(=O)NC(CC(=O)O)C(=O)NCC(=O)NC(C(C)N)C(=O)NC(C(C)C)C(=O)N2CCCC2C(=O)NC1C. The number of nitrogens with one attached hydrogen (secondary N) is 11. The summed E-state index contributed by atoms with van der Waals surface area (Å²) < 4.78 is 4.75. The summed E-state index contributed by atoms with van der Waals surface area (Å²) in [6.07, 6.45) is 5.30. The third kappa shape index (κ3) is 28.0. The molecule has 37 nitrogen and oxygen atoms in total. The number of carbonyl (C=O) groups is 18. The van der Waals surface area contributed by atoms with Crippen molar-refractivity contribution in [2.75, 3.05) is 33.3 Å². The summed E-state index contributed by atoms with van der Waals surface area (Å²) in [5.41, 5.74) is 6.12. The molecule has 0 aromatic heterocycles. The smallest absolute Gasteiger partial charge is 0.308 e. The van der Waals surface area contributed by atoms with Gasteiger partial charge < -0.3 is 99.2 Å². The Bertz CT molecular complexity index is 2970. The van der Waals surface area contributed by atoms with Gasteiger partial charge in [0, 0.05) is 25.6 Å². The molecular formula is C63H100N14O23. The van der Waals surface area contributed by atoms with E-state index in [9.17, 15) is 102 Å². The zero-order chi connectivity index (χ0) is 75.1. The minimum atomic E-state index is -2.20. The predicted octanol–water partition coefficient (Wildman–Crippen LogP) is -3.99. The predicted molar refractivity (Wildman–Crippen MR) is 348 cm³/mol. The molecule has 0 spiro atoms. The number of nitrogens with two attached hydrogens (primary N) is 1. The Morgan fingerprint density at radius 3 is 1.56 bits per heavy atom. The Hall–Kier alpha value is -9.58. The van der Waals surface area contributed by atoms with E-state index in [2.05, 4.69) is 49.5 Å². The lowest BCUT2D eigenvalue weighted by Gasteiger charge is -2.39. The van der Waals surface area contributed by atoms with Crippen molar-refractivity contribution < 1.29 is 111 Å². The van der Waals surface area contributed by atoms with Crippen LogP contribution in [0, 0.1) is 11.8 Å². The van der Waals surface area contributed by atoms with Crippen molar-refractivity contribution in [1.82, 2.24) is 68.3 Å². The van der Waals surface area contributed by atoms with Gasteiger partial charge in [0.1, 0.15) is 60.4 Å². The van der Waals surface area contributed by atoms with Gasteiger partial charge >= 0.3 is 29.8 Å². The average molecular weight is 1420 g/mol. The molecule has 0 saturated carbocycles. The van der Waals surface area contributed by atoms with E-state index < -0.39 is 230 Å². The number of carboxylic acid groups (broad SMARTS) is 4. The van der Waals surface area contributed by atoms with Crippen molar-refractivity contribution in [2.45, 2.75) is 242 Å². The maximum Gasteiger partial charge on any atom is 0.308 e. The fourth-order valence-electron chi connectivity index (χ4n) is 11.4. The number of carboxylic acids is 4. The Morgan fingerprint density at radius 2 is 1.03 bits per heavy atom. The lowest BCUT2D eigenvalue weighted by atomic mass is 9.96. The number of hydrogen-bond donors (Lipinski definition) is 16. The van der Waals surface area contributed by atoms with Crippen LogP contribution in [0.1, 0.15) is 170 Å². The van der Waals surface area contributed by atoms with Gasteiger partial charge in [0.05, 0.1) is 57.8 Å². The molecule has 3 aliphatic heterocycles. The second-order valence-electron chi connectivity index (χ2n) is 25.6. The number of rotatable bonds is 28. The third-order valence-electron chi connectivity index (χ3n) is 17.1. The average Bonchev–Trinajstić information content (AvgIpc) is 1.19. The number of fused-ring (bicyclic) bond motifs is 2. The lowest BCUT2D eigenvalue weighted by Crippen LogP contribution is -2.66. The Labute approximate surface area is 577 Å². The molecule has 3 rings (SSSR count). The fourth-order valence-corrected chi connectivity index (χ4v) is 11.4. The molecular weight excluding hydrogens is 1320 g/mol. The molecule has 37 heteroatoms. The van der Waals surface area contributed by atoms with E-state index >= 15 is 4.79 Å². The summed E-state index contributed by atoms with van der Waals surface area (Å²) in [7, 11) is 1.00. The van der Waals surface area contributed by atoms with Gasteiger partial charge in [-0.3, -0.25) is 86.3 Å². The van der Waals surface area contributed by atoms with E-state index in [1.54, 1.807) is 13.8 Å². The molecule has 3 heterocycles. The van der Waals surface area contributed by atoms with Crippen molar-refractivity contribution in [3.05, 3.63) is 0 Å². The van der Waals surface area contributed by atoms with Crippen LogP contribution < -0.4 is 64.2 Å².